The van der Waals surface area contributed by atoms with Crippen LogP contribution in [-0.2, 0) is 4.74 Å². The summed E-state index contributed by atoms with van der Waals surface area (Å²) in [5.74, 6) is 0. The van der Waals surface area contributed by atoms with Gasteiger partial charge in [0.25, 0.3) is 0 Å². The van der Waals surface area contributed by atoms with Gasteiger partial charge in [-0.05, 0) is 25.0 Å². The Balaban J connectivity index is 1.73. The molecule has 0 radical (unpaired) electrons. The Kier molecular flexibility index (Phi) is 2.69. The minimum absolute atomic E-state index is 0.431. The number of hydrogen-bond acceptors (Lipinski definition) is 3. The Bertz CT molecular complexity index is 520. The number of nitrogens with zero attached hydrogens (tertiary/aromatic N) is 1. The van der Waals surface area contributed by atoms with Crippen LogP contribution in [0.4, 0.5) is 5.69 Å². The molecule has 3 rings (SSSR count). The Morgan fingerprint density at radius 1 is 1.29 bits per heavy atom. The molecule has 1 aliphatic carbocycles. The molecule has 0 unspecified atom stereocenters. The second kappa shape index (κ2) is 4.34. The molecule has 1 aromatic heterocycles. The van der Waals surface area contributed by atoms with E-state index in [-0.39, 0.29) is 0 Å². The SMILES string of the molecule is COC1CC(Nc2cnc3ccccc3c2)C1. The molecule has 1 saturated carbocycles. The van der Waals surface area contributed by atoms with Crippen LogP contribution in [0.1, 0.15) is 12.8 Å². The maximum Gasteiger partial charge on any atom is 0.0703 e. The largest absolute Gasteiger partial charge is 0.381 e. The number of fused-ring (bicyclic) bond motifs is 1. The Morgan fingerprint density at radius 3 is 2.94 bits per heavy atom. The lowest BCUT2D eigenvalue weighted by molar-refractivity contribution is 0.0329. The lowest BCUT2D eigenvalue weighted by Crippen LogP contribution is -2.40. The van der Waals surface area contributed by atoms with Crippen LogP contribution >= 0.6 is 0 Å². The summed E-state index contributed by atoms with van der Waals surface area (Å²) in [4.78, 5) is 4.44. The molecule has 1 aliphatic rings. The minimum atomic E-state index is 0.431. The Morgan fingerprint density at radius 2 is 2.12 bits per heavy atom. The second-order valence-electron chi connectivity index (χ2n) is 4.59. The van der Waals surface area contributed by atoms with E-state index in [1.807, 2.05) is 24.4 Å². The van der Waals surface area contributed by atoms with Gasteiger partial charge in [0, 0.05) is 18.5 Å². The molecule has 0 bridgehead atoms. The molecule has 1 N–H and O–H groups in total. The molecule has 0 spiro atoms. The van der Waals surface area contributed by atoms with Crippen molar-refractivity contribution in [2.75, 3.05) is 12.4 Å². The fourth-order valence-corrected chi connectivity index (χ4v) is 2.26. The first-order valence-corrected chi connectivity index (χ1v) is 5.99. The molecule has 1 fully saturated rings. The third-order valence-electron chi connectivity index (χ3n) is 3.39. The van der Waals surface area contributed by atoms with Crippen molar-refractivity contribution in [1.82, 2.24) is 4.98 Å². The van der Waals surface area contributed by atoms with Crippen molar-refractivity contribution in [3.05, 3.63) is 36.5 Å². The first kappa shape index (κ1) is 10.5. The summed E-state index contributed by atoms with van der Waals surface area (Å²) in [6.45, 7) is 0. The molecule has 1 heterocycles. The number of aromatic nitrogens is 1. The van der Waals surface area contributed by atoms with E-state index in [2.05, 4.69) is 22.4 Å². The molecule has 3 heteroatoms. The first-order chi connectivity index (χ1) is 8.35. The monoisotopic (exact) mass is 228 g/mol. The quantitative estimate of drug-likeness (QED) is 0.877. The normalized spacial score (nSPS) is 23.4. The summed E-state index contributed by atoms with van der Waals surface area (Å²) in [6.07, 6.45) is 4.51. The molecule has 0 atom stereocenters. The number of nitrogens with one attached hydrogen (secondary N) is 1. The highest BCUT2D eigenvalue weighted by Crippen LogP contribution is 2.27. The zero-order valence-corrected chi connectivity index (χ0v) is 9.89. The van der Waals surface area contributed by atoms with Crippen LogP contribution in [0, 0.1) is 0 Å². The molecule has 88 valence electrons. The summed E-state index contributed by atoms with van der Waals surface area (Å²) in [5, 5.41) is 4.67. The third-order valence-corrected chi connectivity index (χ3v) is 3.39. The van der Waals surface area contributed by atoms with Gasteiger partial charge in [-0.1, -0.05) is 18.2 Å². The number of para-hydroxylation sites is 1. The van der Waals surface area contributed by atoms with Crippen molar-refractivity contribution in [2.24, 2.45) is 0 Å². The molecule has 2 aromatic rings. The van der Waals surface area contributed by atoms with E-state index < -0.39 is 0 Å². The fourth-order valence-electron chi connectivity index (χ4n) is 2.26. The van der Waals surface area contributed by atoms with E-state index in [4.69, 9.17) is 4.74 Å². The molecule has 1 aromatic carbocycles. The van der Waals surface area contributed by atoms with Crippen molar-refractivity contribution in [1.29, 1.82) is 0 Å². The number of hydrogen-bond donors (Lipinski definition) is 1. The highest BCUT2D eigenvalue weighted by molar-refractivity contribution is 5.81. The topological polar surface area (TPSA) is 34.1 Å². The number of rotatable bonds is 3. The van der Waals surface area contributed by atoms with Crippen molar-refractivity contribution >= 4 is 16.6 Å². The van der Waals surface area contributed by atoms with Crippen LogP contribution < -0.4 is 5.32 Å². The number of benzene rings is 1. The number of anilines is 1. The highest BCUT2D eigenvalue weighted by Gasteiger charge is 2.28. The van der Waals surface area contributed by atoms with E-state index in [9.17, 15) is 0 Å². The summed E-state index contributed by atoms with van der Waals surface area (Å²) < 4.78 is 5.27. The molecular weight excluding hydrogens is 212 g/mol. The van der Waals surface area contributed by atoms with Gasteiger partial charge in [-0.15, -0.1) is 0 Å². The molecular formula is C14H16N2O. The van der Waals surface area contributed by atoms with Crippen LogP contribution in [0.2, 0.25) is 0 Å². The summed E-state index contributed by atoms with van der Waals surface area (Å²) in [7, 11) is 1.78. The van der Waals surface area contributed by atoms with Gasteiger partial charge in [0.2, 0.25) is 0 Å². The minimum Gasteiger partial charge on any atom is -0.381 e. The van der Waals surface area contributed by atoms with E-state index >= 15 is 0 Å². The predicted molar refractivity (Wildman–Crippen MR) is 69.2 cm³/mol. The standard InChI is InChI=1S/C14H16N2O/c1-17-13-7-11(8-13)16-12-6-10-4-2-3-5-14(10)15-9-12/h2-6,9,11,13,16H,7-8H2,1H3. The van der Waals surface area contributed by atoms with Crippen molar-refractivity contribution in [3.63, 3.8) is 0 Å². The number of pyridine rings is 1. The number of ether oxygens (including phenoxy) is 1. The van der Waals surface area contributed by atoms with Crippen LogP contribution in [0.3, 0.4) is 0 Å². The van der Waals surface area contributed by atoms with E-state index in [1.54, 1.807) is 7.11 Å². The van der Waals surface area contributed by atoms with Crippen LogP contribution in [-0.4, -0.2) is 24.2 Å². The van der Waals surface area contributed by atoms with E-state index in [0.717, 1.165) is 24.0 Å². The average Bonchev–Trinajstić information content (AvgIpc) is 2.33. The van der Waals surface area contributed by atoms with Gasteiger partial charge in [-0.25, -0.2) is 0 Å². The molecule has 17 heavy (non-hydrogen) atoms. The average molecular weight is 228 g/mol. The second-order valence-corrected chi connectivity index (χ2v) is 4.59. The van der Waals surface area contributed by atoms with Gasteiger partial charge in [0.05, 0.1) is 23.5 Å². The Labute approximate surface area is 101 Å². The van der Waals surface area contributed by atoms with Gasteiger partial charge in [0.1, 0.15) is 0 Å². The lowest BCUT2D eigenvalue weighted by atomic mass is 9.89. The fraction of sp³-hybridized carbons (Fsp3) is 0.357. The maximum absolute atomic E-state index is 5.27. The van der Waals surface area contributed by atoms with E-state index in [1.165, 1.54) is 5.39 Å². The van der Waals surface area contributed by atoms with Crippen LogP contribution in [0.15, 0.2) is 36.5 Å². The summed E-state index contributed by atoms with van der Waals surface area (Å²) >= 11 is 0. The molecule has 0 aliphatic heterocycles. The number of methoxy groups -OCH3 is 1. The van der Waals surface area contributed by atoms with Gasteiger partial charge in [-0.2, -0.15) is 0 Å². The predicted octanol–water partition coefficient (Wildman–Crippen LogP) is 2.82. The first-order valence-electron chi connectivity index (χ1n) is 5.99. The zero-order chi connectivity index (χ0) is 11.7. The molecule has 0 saturated heterocycles. The third kappa shape index (κ3) is 2.11. The Hall–Kier alpha value is -1.61. The summed E-state index contributed by atoms with van der Waals surface area (Å²) in [6, 6.07) is 10.9. The van der Waals surface area contributed by atoms with Crippen molar-refractivity contribution in [2.45, 2.75) is 25.0 Å². The van der Waals surface area contributed by atoms with Crippen LogP contribution in [0.5, 0.6) is 0 Å². The zero-order valence-electron chi connectivity index (χ0n) is 9.89. The smallest absolute Gasteiger partial charge is 0.0703 e. The van der Waals surface area contributed by atoms with Gasteiger partial charge in [-0.3, -0.25) is 4.98 Å². The lowest BCUT2D eigenvalue weighted by Gasteiger charge is -2.35. The van der Waals surface area contributed by atoms with Crippen molar-refractivity contribution in [3.8, 4) is 0 Å². The maximum atomic E-state index is 5.27. The highest BCUT2D eigenvalue weighted by atomic mass is 16.5. The van der Waals surface area contributed by atoms with Gasteiger partial charge >= 0.3 is 0 Å². The van der Waals surface area contributed by atoms with Gasteiger partial charge in [0.15, 0.2) is 0 Å². The van der Waals surface area contributed by atoms with Crippen LogP contribution in [0.25, 0.3) is 10.9 Å². The molecule has 0 amide bonds. The molecule has 3 nitrogen and oxygen atoms in total. The van der Waals surface area contributed by atoms with Gasteiger partial charge < -0.3 is 10.1 Å². The van der Waals surface area contributed by atoms with E-state index in [0.29, 0.717) is 12.1 Å². The van der Waals surface area contributed by atoms with Crippen molar-refractivity contribution < 1.29 is 4.74 Å². The summed E-state index contributed by atoms with van der Waals surface area (Å²) in [5.41, 5.74) is 2.14.